The van der Waals surface area contributed by atoms with Gasteiger partial charge in [0, 0.05) is 16.5 Å². The van der Waals surface area contributed by atoms with Gasteiger partial charge in [0.1, 0.15) is 5.82 Å². The summed E-state index contributed by atoms with van der Waals surface area (Å²) in [6.45, 7) is 18.4. The van der Waals surface area contributed by atoms with Crippen molar-refractivity contribution in [1.82, 2.24) is 9.97 Å². The van der Waals surface area contributed by atoms with E-state index in [0.29, 0.717) is 5.92 Å². The number of unbranched alkanes of at least 4 members (excludes halogenated alkanes) is 2. The molecule has 0 radical (unpaired) electrons. The summed E-state index contributed by atoms with van der Waals surface area (Å²) < 4.78 is 0. The van der Waals surface area contributed by atoms with Crippen molar-refractivity contribution in [2.24, 2.45) is 0 Å². The van der Waals surface area contributed by atoms with Crippen LogP contribution in [0.1, 0.15) is 117 Å². The monoisotopic (exact) mass is 306 g/mol. The topological polar surface area (TPSA) is 28.7 Å². The molecule has 0 aliphatic rings. The fourth-order valence-electron chi connectivity index (χ4n) is 3.13. The maximum Gasteiger partial charge on any atom is 0.112 e. The van der Waals surface area contributed by atoms with E-state index >= 15 is 0 Å². The molecule has 1 heterocycles. The molecule has 0 saturated carbocycles. The smallest absolute Gasteiger partial charge is 0.112 e. The van der Waals surface area contributed by atoms with Gasteiger partial charge >= 0.3 is 0 Å². The Kier molecular flexibility index (Phi) is 6.70. The Labute approximate surface area is 138 Å². The van der Waals surface area contributed by atoms with Gasteiger partial charge in [-0.25, -0.2) is 4.98 Å². The van der Waals surface area contributed by atoms with Crippen molar-refractivity contribution in [2.75, 3.05) is 0 Å². The van der Waals surface area contributed by atoms with Gasteiger partial charge in [0.25, 0.3) is 0 Å². The van der Waals surface area contributed by atoms with Crippen LogP contribution in [-0.2, 0) is 10.8 Å². The summed E-state index contributed by atoms with van der Waals surface area (Å²) >= 11 is 0. The number of nitrogens with one attached hydrogen (secondary N) is 1. The molecule has 1 aromatic heterocycles. The molecular formula is C20H38N2. The molecule has 0 aromatic carbocycles. The van der Waals surface area contributed by atoms with Crippen molar-refractivity contribution in [3.8, 4) is 0 Å². The number of aromatic nitrogens is 2. The number of hydrogen-bond donors (Lipinski definition) is 1. The first-order valence-corrected chi connectivity index (χ1v) is 9.32. The van der Waals surface area contributed by atoms with Crippen molar-refractivity contribution in [1.29, 1.82) is 0 Å². The van der Waals surface area contributed by atoms with Gasteiger partial charge in [-0.1, -0.05) is 74.7 Å². The number of nitrogens with zero attached hydrogens (tertiary/aromatic N) is 1. The molecule has 0 unspecified atom stereocenters. The molecule has 1 aromatic rings. The summed E-state index contributed by atoms with van der Waals surface area (Å²) in [5, 5.41) is 0. The van der Waals surface area contributed by atoms with Crippen LogP contribution in [0.2, 0.25) is 0 Å². The summed E-state index contributed by atoms with van der Waals surface area (Å²) in [6.07, 6.45) is 7.40. The lowest BCUT2D eigenvalue weighted by atomic mass is 9.81. The van der Waals surface area contributed by atoms with Gasteiger partial charge in [0.2, 0.25) is 0 Å². The van der Waals surface area contributed by atoms with Gasteiger partial charge in [0.15, 0.2) is 0 Å². The lowest BCUT2D eigenvalue weighted by Crippen LogP contribution is -2.23. The standard InChI is InChI=1S/C20H38N2/c1-9-12-13-14-19(6,7)17-16(15(4)5)21-18(22-17)20(8,10-2)11-3/h15H,9-14H2,1-8H3,(H,21,22). The minimum Gasteiger partial charge on any atom is -0.345 e. The van der Waals surface area contributed by atoms with Crippen molar-refractivity contribution < 1.29 is 0 Å². The van der Waals surface area contributed by atoms with Gasteiger partial charge in [-0.3, -0.25) is 0 Å². The molecule has 0 aliphatic carbocycles. The third kappa shape index (κ3) is 4.14. The van der Waals surface area contributed by atoms with Gasteiger partial charge < -0.3 is 4.98 Å². The van der Waals surface area contributed by atoms with Gasteiger partial charge in [0.05, 0.1) is 5.69 Å². The molecule has 0 saturated heterocycles. The average Bonchev–Trinajstić information content (AvgIpc) is 2.93. The number of rotatable bonds is 9. The van der Waals surface area contributed by atoms with Crippen LogP contribution in [-0.4, -0.2) is 9.97 Å². The zero-order chi connectivity index (χ0) is 17.0. The summed E-state index contributed by atoms with van der Waals surface area (Å²) in [7, 11) is 0. The summed E-state index contributed by atoms with van der Waals surface area (Å²) in [5.41, 5.74) is 3.01. The Morgan fingerprint density at radius 1 is 1.00 bits per heavy atom. The number of H-pyrrole nitrogens is 1. The highest BCUT2D eigenvalue weighted by Crippen LogP contribution is 2.37. The Morgan fingerprint density at radius 2 is 1.59 bits per heavy atom. The molecule has 0 fully saturated rings. The summed E-state index contributed by atoms with van der Waals surface area (Å²) in [5.74, 6) is 1.67. The Morgan fingerprint density at radius 3 is 2.05 bits per heavy atom. The molecule has 2 nitrogen and oxygen atoms in total. The molecule has 0 aliphatic heterocycles. The van der Waals surface area contributed by atoms with Gasteiger partial charge in [-0.2, -0.15) is 0 Å². The zero-order valence-corrected chi connectivity index (χ0v) is 16.3. The first-order chi connectivity index (χ1) is 10.2. The Bertz CT molecular complexity index is 450. The molecule has 0 amide bonds. The summed E-state index contributed by atoms with van der Waals surface area (Å²) in [4.78, 5) is 8.82. The van der Waals surface area contributed by atoms with E-state index in [1.165, 1.54) is 42.9 Å². The lowest BCUT2D eigenvalue weighted by molar-refractivity contribution is 0.407. The first kappa shape index (κ1) is 19.3. The van der Waals surface area contributed by atoms with Crippen LogP contribution in [0.15, 0.2) is 0 Å². The zero-order valence-electron chi connectivity index (χ0n) is 16.3. The highest BCUT2D eigenvalue weighted by Gasteiger charge is 2.32. The molecule has 1 rings (SSSR count). The van der Waals surface area contributed by atoms with Gasteiger partial charge in [-0.15, -0.1) is 0 Å². The van der Waals surface area contributed by atoms with Crippen LogP contribution < -0.4 is 0 Å². The van der Waals surface area contributed by atoms with Crippen molar-refractivity contribution in [2.45, 2.75) is 111 Å². The van der Waals surface area contributed by atoms with Crippen LogP contribution in [0.25, 0.3) is 0 Å². The average molecular weight is 307 g/mol. The van der Waals surface area contributed by atoms with Gasteiger partial charge in [-0.05, 0) is 25.2 Å². The molecule has 0 spiro atoms. The molecule has 128 valence electrons. The molecule has 0 atom stereocenters. The van der Waals surface area contributed by atoms with E-state index in [1.54, 1.807) is 0 Å². The minimum atomic E-state index is 0.168. The van der Waals surface area contributed by atoms with Crippen LogP contribution in [0.3, 0.4) is 0 Å². The normalized spacial score (nSPS) is 13.1. The maximum atomic E-state index is 5.06. The van der Waals surface area contributed by atoms with Crippen LogP contribution >= 0.6 is 0 Å². The van der Waals surface area contributed by atoms with Crippen LogP contribution in [0.4, 0.5) is 0 Å². The quantitative estimate of drug-likeness (QED) is 0.520. The predicted octanol–water partition coefficient (Wildman–Crippen LogP) is 6.47. The van der Waals surface area contributed by atoms with E-state index in [-0.39, 0.29) is 10.8 Å². The number of aromatic amines is 1. The molecule has 1 N–H and O–H groups in total. The highest BCUT2D eigenvalue weighted by molar-refractivity contribution is 5.28. The third-order valence-corrected chi connectivity index (χ3v) is 5.49. The lowest BCUT2D eigenvalue weighted by Gasteiger charge is -2.26. The summed E-state index contributed by atoms with van der Waals surface area (Å²) in [6, 6.07) is 0. The Hall–Kier alpha value is -0.790. The van der Waals surface area contributed by atoms with E-state index in [0.717, 1.165) is 12.8 Å². The number of imidazole rings is 1. The second-order valence-electron chi connectivity index (χ2n) is 8.11. The minimum absolute atomic E-state index is 0.168. The fraction of sp³-hybridized carbons (Fsp3) is 0.850. The van der Waals surface area contributed by atoms with E-state index in [4.69, 9.17) is 4.98 Å². The highest BCUT2D eigenvalue weighted by atomic mass is 15.0. The van der Waals surface area contributed by atoms with Crippen molar-refractivity contribution in [3.05, 3.63) is 17.2 Å². The third-order valence-electron chi connectivity index (χ3n) is 5.49. The van der Waals surface area contributed by atoms with E-state index in [9.17, 15) is 0 Å². The van der Waals surface area contributed by atoms with E-state index in [1.807, 2.05) is 0 Å². The fourth-order valence-corrected chi connectivity index (χ4v) is 3.13. The molecule has 22 heavy (non-hydrogen) atoms. The van der Waals surface area contributed by atoms with Crippen molar-refractivity contribution in [3.63, 3.8) is 0 Å². The molecular weight excluding hydrogens is 268 g/mol. The second-order valence-corrected chi connectivity index (χ2v) is 8.11. The maximum absolute atomic E-state index is 5.06. The van der Waals surface area contributed by atoms with E-state index in [2.05, 4.69) is 60.4 Å². The largest absolute Gasteiger partial charge is 0.345 e. The predicted molar refractivity (Wildman–Crippen MR) is 97.8 cm³/mol. The second kappa shape index (κ2) is 7.66. The van der Waals surface area contributed by atoms with E-state index < -0.39 is 0 Å². The molecule has 0 bridgehead atoms. The first-order valence-electron chi connectivity index (χ1n) is 9.32. The van der Waals surface area contributed by atoms with Crippen LogP contribution in [0, 0.1) is 0 Å². The molecule has 2 heteroatoms. The number of hydrogen-bond acceptors (Lipinski definition) is 1. The van der Waals surface area contributed by atoms with Crippen LogP contribution in [0.5, 0.6) is 0 Å². The Balaban J connectivity index is 3.20. The van der Waals surface area contributed by atoms with Crippen molar-refractivity contribution >= 4 is 0 Å². The SMILES string of the molecule is CCCCCC(C)(C)c1[nH]c(C(C)(CC)CC)nc1C(C)C.